The molecule has 1 aliphatic heterocycles. The summed E-state index contributed by atoms with van der Waals surface area (Å²) < 4.78 is 4.86. The normalized spacial score (nSPS) is 18.4. The predicted octanol–water partition coefficient (Wildman–Crippen LogP) is 2.97. The third-order valence-electron chi connectivity index (χ3n) is 6.80. The second kappa shape index (κ2) is 12.0. The minimum absolute atomic E-state index is 0.118. The van der Waals surface area contributed by atoms with Gasteiger partial charge < -0.3 is 15.4 Å². The van der Waals surface area contributed by atoms with E-state index in [1.807, 2.05) is 24.3 Å². The number of urea groups is 1. The Morgan fingerprint density at radius 1 is 1.05 bits per heavy atom. The van der Waals surface area contributed by atoms with Crippen LogP contribution in [0.5, 0.6) is 0 Å². The summed E-state index contributed by atoms with van der Waals surface area (Å²) in [4.78, 5) is 46.0. The number of nitrogens with one attached hydrogen (secondary N) is 4. The number of halogens is 1. The van der Waals surface area contributed by atoms with Gasteiger partial charge in [-0.25, -0.2) is 14.6 Å². The fraction of sp³-hybridized carbons (Fsp3) is 0.296. The van der Waals surface area contributed by atoms with Gasteiger partial charge in [0, 0.05) is 30.1 Å². The van der Waals surface area contributed by atoms with Crippen LogP contribution in [0.25, 0.3) is 0 Å². The minimum atomic E-state index is -0.690. The lowest BCUT2D eigenvalue weighted by molar-refractivity contribution is -0.139. The molecule has 0 bridgehead atoms. The van der Waals surface area contributed by atoms with E-state index in [0.29, 0.717) is 6.42 Å². The Morgan fingerprint density at radius 2 is 1.87 bits per heavy atom. The van der Waals surface area contributed by atoms with Crippen LogP contribution in [-0.4, -0.2) is 40.5 Å². The van der Waals surface area contributed by atoms with E-state index in [4.69, 9.17) is 16.3 Å². The second-order valence-corrected chi connectivity index (χ2v) is 10.4. The van der Waals surface area contributed by atoms with Crippen molar-refractivity contribution in [2.75, 3.05) is 12.0 Å². The Balaban J connectivity index is 1.30. The first-order valence-electron chi connectivity index (χ1n) is 12.7. The van der Waals surface area contributed by atoms with Crippen LogP contribution < -0.4 is 26.8 Å². The van der Waals surface area contributed by atoms with Gasteiger partial charge in [-0.2, -0.15) is 0 Å². The topological polar surface area (TPSA) is 134 Å². The van der Waals surface area contributed by atoms with Crippen molar-refractivity contribution < 1.29 is 19.1 Å². The molecule has 0 spiro atoms. The number of benzene rings is 1. The molecule has 1 aromatic carbocycles. The SMILES string of the molecule is O=C(NNc1ncc(C(=O)NC2CCOC2=O)cc1Cl)NC1c2cccnc2CCCCc2c(P)cccc21. The number of carbonyl (C=O) groups excluding carboxylic acids is 3. The van der Waals surface area contributed by atoms with Crippen LogP contribution in [0.4, 0.5) is 10.6 Å². The number of carbonyl (C=O) groups is 3. The van der Waals surface area contributed by atoms with Crippen LogP contribution in [0.2, 0.25) is 5.02 Å². The van der Waals surface area contributed by atoms with Gasteiger partial charge in [0.05, 0.1) is 23.2 Å². The van der Waals surface area contributed by atoms with E-state index >= 15 is 0 Å². The second-order valence-electron chi connectivity index (χ2n) is 9.35. The van der Waals surface area contributed by atoms with E-state index in [1.165, 1.54) is 17.8 Å². The molecule has 4 N–H and O–H groups in total. The highest BCUT2D eigenvalue weighted by Gasteiger charge is 2.29. The van der Waals surface area contributed by atoms with Crippen molar-refractivity contribution in [3.8, 4) is 0 Å². The molecule has 1 fully saturated rings. The largest absolute Gasteiger partial charge is 0.464 e. The number of amides is 3. The molecule has 1 saturated heterocycles. The summed E-state index contributed by atoms with van der Waals surface area (Å²) in [5.74, 6) is -0.802. The fourth-order valence-electron chi connectivity index (χ4n) is 4.83. The molecule has 0 radical (unpaired) electrons. The number of nitrogens with zero attached hydrogens (tertiary/aromatic N) is 2. The van der Waals surface area contributed by atoms with Crippen LogP contribution in [-0.2, 0) is 22.4 Å². The van der Waals surface area contributed by atoms with Gasteiger partial charge in [-0.1, -0.05) is 35.9 Å². The molecule has 2 aliphatic rings. The van der Waals surface area contributed by atoms with E-state index in [-0.39, 0.29) is 23.0 Å². The molecule has 202 valence electrons. The van der Waals surface area contributed by atoms with Gasteiger partial charge in [-0.15, -0.1) is 9.24 Å². The lowest BCUT2D eigenvalue weighted by Crippen LogP contribution is -2.42. The van der Waals surface area contributed by atoms with Crippen molar-refractivity contribution in [1.82, 2.24) is 26.0 Å². The molecule has 1 aliphatic carbocycles. The zero-order valence-corrected chi connectivity index (χ0v) is 22.9. The maximum atomic E-state index is 13.1. The first-order chi connectivity index (χ1) is 18.9. The molecule has 3 unspecified atom stereocenters. The lowest BCUT2D eigenvalue weighted by Gasteiger charge is -2.24. The number of hydrazine groups is 1. The molecule has 3 heterocycles. The summed E-state index contributed by atoms with van der Waals surface area (Å²) in [5.41, 5.74) is 9.61. The van der Waals surface area contributed by atoms with Crippen LogP contribution in [0.15, 0.2) is 48.8 Å². The molecular weight excluding hydrogens is 539 g/mol. The van der Waals surface area contributed by atoms with Gasteiger partial charge in [0.2, 0.25) is 0 Å². The number of esters is 1. The summed E-state index contributed by atoms with van der Waals surface area (Å²) in [5, 5.41) is 6.90. The zero-order valence-electron chi connectivity index (χ0n) is 21.0. The summed E-state index contributed by atoms with van der Waals surface area (Å²) in [6, 6.07) is 9.76. The van der Waals surface area contributed by atoms with Gasteiger partial charge in [0.15, 0.2) is 5.82 Å². The average molecular weight is 567 g/mol. The summed E-state index contributed by atoms with van der Waals surface area (Å²) in [7, 11) is 2.80. The first-order valence-corrected chi connectivity index (χ1v) is 13.6. The molecule has 3 aromatic rings. The summed E-state index contributed by atoms with van der Waals surface area (Å²) in [6.07, 6.45) is 7.26. The van der Waals surface area contributed by atoms with Crippen LogP contribution >= 0.6 is 20.8 Å². The number of hydrogen-bond donors (Lipinski definition) is 4. The quantitative estimate of drug-likeness (QED) is 0.212. The summed E-state index contributed by atoms with van der Waals surface area (Å²) in [6.45, 7) is 0.270. The maximum absolute atomic E-state index is 13.1. The molecule has 3 atom stereocenters. The molecule has 2 aromatic heterocycles. The highest BCUT2D eigenvalue weighted by atomic mass is 35.5. The van der Waals surface area contributed by atoms with Crippen molar-refractivity contribution in [2.45, 2.75) is 44.2 Å². The number of pyridine rings is 2. The Bertz CT molecular complexity index is 1420. The standard InChI is InChI=1S/C27H28ClN6O4P/c28-19-13-15(25(35)31-21-10-12-38-26(21)36)14-30-24(19)33-34-27(37)32-23-17-6-3-9-22(39)16(17)5-1-2-8-20-18(23)7-4-11-29-20/h3-4,6-7,9,11,13-14,21,23H,1-2,5,8,10,12,39H2,(H,30,33)(H,31,35)(H2,32,34,37). The average Bonchev–Trinajstić information content (AvgIpc) is 3.36. The van der Waals surface area contributed by atoms with Crippen molar-refractivity contribution in [3.63, 3.8) is 0 Å². The van der Waals surface area contributed by atoms with Gasteiger partial charge in [-0.3, -0.25) is 20.6 Å². The number of anilines is 1. The third kappa shape index (κ3) is 6.13. The molecular formula is C27H28ClN6O4P. The van der Waals surface area contributed by atoms with E-state index in [1.54, 1.807) is 6.20 Å². The highest BCUT2D eigenvalue weighted by Crippen LogP contribution is 2.30. The van der Waals surface area contributed by atoms with Gasteiger partial charge >= 0.3 is 12.0 Å². The number of aromatic nitrogens is 2. The lowest BCUT2D eigenvalue weighted by atomic mass is 9.92. The number of ether oxygens (including phenoxy) is 1. The molecule has 3 amide bonds. The van der Waals surface area contributed by atoms with Crippen molar-refractivity contribution >= 4 is 49.9 Å². The smallest absolute Gasteiger partial charge is 0.334 e. The Morgan fingerprint density at radius 3 is 2.67 bits per heavy atom. The van der Waals surface area contributed by atoms with E-state index in [9.17, 15) is 14.4 Å². The minimum Gasteiger partial charge on any atom is -0.464 e. The maximum Gasteiger partial charge on any atom is 0.334 e. The van der Waals surface area contributed by atoms with Gasteiger partial charge in [-0.05, 0) is 54.2 Å². The molecule has 39 heavy (non-hydrogen) atoms. The van der Waals surface area contributed by atoms with Crippen molar-refractivity contribution in [2.24, 2.45) is 0 Å². The van der Waals surface area contributed by atoms with Gasteiger partial charge in [0.25, 0.3) is 5.91 Å². The van der Waals surface area contributed by atoms with E-state index in [2.05, 4.69) is 46.8 Å². The van der Waals surface area contributed by atoms with Gasteiger partial charge in [0.1, 0.15) is 6.04 Å². The number of fused-ring (bicyclic) bond motifs is 2. The number of aryl methyl sites for hydroxylation is 1. The van der Waals surface area contributed by atoms with Crippen molar-refractivity contribution in [1.29, 1.82) is 0 Å². The van der Waals surface area contributed by atoms with E-state index < -0.39 is 30.0 Å². The molecule has 12 heteroatoms. The monoisotopic (exact) mass is 566 g/mol. The number of hydrogen-bond acceptors (Lipinski definition) is 7. The van der Waals surface area contributed by atoms with Crippen LogP contribution in [0.3, 0.4) is 0 Å². The fourth-order valence-corrected chi connectivity index (χ4v) is 5.46. The molecule has 0 saturated carbocycles. The third-order valence-corrected chi connectivity index (χ3v) is 7.63. The summed E-state index contributed by atoms with van der Waals surface area (Å²) >= 11 is 6.32. The Kier molecular flexibility index (Phi) is 8.24. The molecule has 10 nitrogen and oxygen atoms in total. The predicted molar refractivity (Wildman–Crippen MR) is 150 cm³/mol. The van der Waals surface area contributed by atoms with Crippen LogP contribution in [0, 0.1) is 0 Å². The van der Waals surface area contributed by atoms with E-state index in [0.717, 1.165) is 47.8 Å². The number of rotatable bonds is 5. The first kappa shape index (κ1) is 26.8. The Labute approximate surface area is 232 Å². The Hall–Kier alpha value is -3.75. The highest BCUT2D eigenvalue weighted by molar-refractivity contribution is 7.27. The zero-order chi connectivity index (χ0) is 27.4. The molecule has 5 rings (SSSR count). The van der Waals surface area contributed by atoms with Crippen LogP contribution in [0.1, 0.15) is 58.0 Å². The van der Waals surface area contributed by atoms with Crippen molar-refractivity contribution in [3.05, 3.63) is 81.8 Å². The number of cyclic esters (lactones) is 1.